The van der Waals surface area contributed by atoms with Crippen molar-refractivity contribution in [2.45, 2.75) is 6.42 Å². The number of rotatable bonds is 8. The van der Waals surface area contributed by atoms with Crippen molar-refractivity contribution < 1.29 is 23.0 Å². The first-order chi connectivity index (χ1) is 9.15. The molecule has 1 aromatic rings. The second-order valence-corrected chi connectivity index (χ2v) is 3.84. The number of methoxy groups -OCH3 is 1. The van der Waals surface area contributed by atoms with Crippen molar-refractivity contribution in [3.05, 3.63) is 35.4 Å². The number of benzene rings is 1. The Labute approximate surface area is 110 Å². The van der Waals surface area contributed by atoms with Crippen LogP contribution in [0.5, 0.6) is 0 Å². The van der Waals surface area contributed by atoms with Crippen LogP contribution >= 0.6 is 0 Å². The van der Waals surface area contributed by atoms with Crippen LogP contribution in [0, 0.1) is 11.6 Å². The molecule has 19 heavy (non-hydrogen) atoms. The Hall–Kier alpha value is -1.53. The summed E-state index contributed by atoms with van der Waals surface area (Å²) in [6, 6.07) is 2.85. The fraction of sp³-hybridized carbons (Fsp3) is 0.462. The lowest BCUT2D eigenvalue weighted by Gasteiger charge is -2.07. The largest absolute Gasteiger partial charge is 0.382 e. The summed E-state index contributed by atoms with van der Waals surface area (Å²) in [5, 5.41) is 2.54. The Balaban J connectivity index is 2.24. The molecule has 4 nitrogen and oxygen atoms in total. The average Bonchev–Trinajstić information content (AvgIpc) is 2.37. The van der Waals surface area contributed by atoms with E-state index in [2.05, 4.69) is 5.32 Å². The highest BCUT2D eigenvalue weighted by molar-refractivity contribution is 5.94. The summed E-state index contributed by atoms with van der Waals surface area (Å²) in [5.74, 6) is -2.14. The molecule has 0 saturated carbocycles. The zero-order valence-corrected chi connectivity index (χ0v) is 10.7. The summed E-state index contributed by atoms with van der Waals surface area (Å²) >= 11 is 0. The molecule has 0 fully saturated rings. The molecule has 1 rings (SSSR count). The van der Waals surface area contributed by atoms with Crippen molar-refractivity contribution in [2.24, 2.45) is 0 Å². The zero-order valence-electron chi connectivity index (χ0n) is 10.7. The van der Waals surface area contributed by atoms with E-state index >= 15 is 0 Å². The highest BCUT2D eigenvalue weighted by Crippen LogP contribution is 2.09. The Kier molecular flexibility index (Phi) is 6.99. The molecule has 0 atom stereocenters. The lowest BCUT2D eigenvalue weighted by Crippen LogP contribution is -2.26. The maximum Gasteiger partial charge on any atom is 0.254 e. The zero-order chi connectivity index (χ0) is 14.1. The fourth-order valence-corrected chi connectivity index (χ4v) is 1.39. The van der Waals surface area contributed by atoms with Crippen LogP contribution in [0.15, 0.2) is 18.2 Å². The third-order valence-electron chi connectivity index (χ3n) is 2.36. The third-order valence-corrected chi connectivity index (χ3v) is 2.36. The lowest BCUT2D eigenvalue weighted by molar-refractivity contribution is 0.0688. The molecule has 6 heteroatoms. The minimum atomic E-state index is -0.867. The van der Waals surface area contributed by atoms with E-state index in [1.54, 1.807) is 7.11 Å². The van der Waals surface area contributed by atoms with E-state index < -0.39 is 17.5 Å². The molecule has 0 bridgehead atoms. The average molecular weight is 273 g/mol. The molecule has 0 saturated heterocycles. The van der Waals surface area contributed by atoms with Crippen LogP contribution in [0.3, 0.4) is 0 Å². The van der Waals surface area contributed by atoms with Crippen LogP contribution in [-0.4, -0.2) is 39.4 Å². The molecule has 0 radical (unpaired) electrons. The molecule has 1 amide bonds. The van der Waals surface area contributed by atoms with Gasteiger partial charge in [0.2, 0.25) is 0 Å². The summed E-state index contributed by atoms with van der Waals surface area (Å²) in [6.07, 6.45) is 0.609. The molecule has 1 aromatic carbocycles. The molecule has 1 N–H and O–H groups in total. The summed E-state index contributed by atoms with van der Waals surface area (Å²) in [7, 11) is 1.58. The first-order valence-electron chi connectivity index (χ1n) is 5.95. The van der Waals surface area contributed by atoms with Gasteiger partial charge in [0.25, 0.3) is 5.91 Å². The molecule has 106 valence electrons. The van der Waals surface area contributed by atoms with Gasteiger partial charge in [-0.15, -0.1) is 0 Å². The summed E-state index contributed by atoms with van der Waals surface area (Å²) in [5.41, 5.74) is -0.165. The van der Waals surface area contributed by atoms with Gasteiger partial charge in [0.05, 0.1) is 18.8 Å². The summed E-state index contributed by atoms with van der Waals surface area (Å²) < 4.78 is 35.9. The van der Waals surface area contributed by atoms with Gasteiger partial charge in [-0.1, -0.05) is 0 Å². The first-order valence-corrected chi connectivity index (χ1v) is 5.95. The van der Waals surface area contributed by atoms with Crippen LogP contribution in [0.2, 0.25) is 0 Å². The SMILES string of the molecule is COCCOCCCNC(=O)c1ccc(F)cc1F. The third kappa shape index (κ3) is 5.76. The standard InChI is InChI=1S/C13H17F2NO3/c1-18-7-8-19-6-2-5-16-13(17)11-4-3-10(14)9-12(11)15/h3-4,9H,2,5-8H2,1H3,(H,16,17). The minimum absolute atomic E-state index is 0.165. The first kappa shape index (κ1) is 15.5. The van der Waals surface area contributed by atoms with Gasteiger partial charge >= 0.3 is 0 Å². The van der Waals surface area contributed by atoms with Crippen LogP contribution in [0.4, 0.5) is 8.78 Å². The van der Waals surface area contributed by atoms with Crippen molar-refractivity contribution in [1.29, 1.82) is 0 Å². The number of halogens is 2. The number of nitrogens with one attached hydrogen (secondary N) is 1. The Morgan fingerprint density at radius 3 is 2.74 bits per heavy atom. The van der Waals surface area contributed by atoms with Crippen LogP contribution < -0.4 is 5.32 Å². The highest BCUT2D eigenvalue weighted by atomic mass is 19.1. The van der Waals surface area contributed by atoms with E-state index in [0.717, 1.165) is 12.1 Å². The van der Waals surface area contributed by atoms with Gasteiger partial charge < -0.3 is 14.8 Å². The van der Waals surface area contributed by atoms with Crippen molar-refractivity contribution in [2.75, 3.05) is 33.5 Å². The van der Waals surface area contributed by atoms with Crippen molar-refractivity contribution in [3.8, 4) is 0 Å². The molecule has 0 aliphatic carbocycles. The van der Waals surface area contributed by atoms with Crippen LogP contribution in [0.1, 0.15) is 16.8 Å². The predicted octanol–water partition coefficient (Wildman–Crippen LogP) is 1.75. The molecule has 0 aromatic heterocycles. The number of carbonyl (C=O) groups excluding carboxylic acids is 1. The van der Waals surface area contributed by atoms with Gasteiger partial charge in [-0.3, -0.25) is 4.79 Å². The van der Waals surface area contributed by atoms with E-state index in [1.807, 2.05) is 0 Å². The van der Waals surface area contributed by atoms with Gasteiger partial charge in [-0.25, -0.2) is 8.78 Å². The monoisotopic (exact) mass is 273 g/mol. The Morgan fingerprint density at radius 2 is 2.05 bits per heavy atom. The second-order valence-electron chi connectivity index (χ2n) is 3.84. The van der Waals surface area contributed by atoms with Crippen LogP contribution in [0.25, 0.3) is 0 Å². The van der Waals surface area contributed by atoms with E-state index in [1.165, 1.54) is 0 Å². The van der Waals surface area contributed by atoms with E-state index in [9.17, 15) is 13.6 Å². The van der Waals surface area contributed by atoms with Gasteiger partial charge in [0, 0.05) is 26.3 Å². The second kappa shape index (κ2) is 8.55. The number of hydrogen-bond acceptors (Lipinski definition) is 3. The molecule has 0 spiro atoms. The van der Waals surface area contributed by atoms with Gasteiger partial charge in [0.15, 0.2) is 0 Å². The summed E-state index contributed by atoms with van der Waals surface area (Å²) in [6.45, 7) is 1.86. The normalized spacial score (nSPS) is 10.5. The van der Waals surface area contributed by atoms with Crippen LogP contribution in [-0.2, 0) is 9.47 Å². The number of carbonyl (C=O) groups is 1. The van der Waals surface area contributed by atoms with Crippen molar-refractivity contribution in [1.82, 2.24) is 5.32 Å². The van der Waals surface area contributed by atoms with Gasteiger partial charge in [-0.05, 0) is 18.6 Å². The molecule has 0 aliphatic heterocycles. The maximum absolute atomic E-state index is 13.3. The molecular formula is C13H17F2NO3. The Bertz CT molecular complexity index is 413. The predicted molar refractivity (Wildman–Crippen MR) is 66.0 cm³/mol. The Morgan fingerprint density at radius 1 is 1.26 bits per heavy atom. The van der Waals surface area contributed by atoms with Crippen molar-refractivity contribution in [3.63, 3.8) is 0 Å². The minimum Gasteiger partial charge on any atom is -0.382 e. The molecular weight excluding hydrogens is 256 g/mol. The topological polar surface area (TPSA) is 47.6 Å². The van der Waals surface area contributed by atoms with E-state index in [0.29, 0.717) is 38.9 Å². The molecule has 0 aliphatic rings. The molecule has 0 heterocycles. The van der Waals surface area contributed by atoms with Crippen molar-refractivity contribution >= 4 is 5.91 Å². The quantitative estimate of drug-likeness (QED) is 0.734. The van der Waals surface area contributed by atoms with E-state index in [-0.39, 0.29) is 5.56 Å². The fourth-order valence-electron chi connectivity index (χ4n) is 1.39. The summed E-state index contributed by atoms with van der Waals surface area (Å²) in [4.78, 5) is 11.6. The van der Waals surface area contributed by atoms with Gasteiger partial charge in [0.1, 0.15) is 11.6 Å². The highest BCUT2D eigenvalue weighted by Gasteiger charge is 2.11. The number of ether oxygens (including phenoxy) is 2. The lowest BCUT2D eigenvalue weighted by atomic mass is 10.2. The number of hydrogen-bond donors (Lipinski definition) is 1. The smallest absolute Gasteiger partial charge is 0.254 e. The van der Waals surface area contributed by atoms with Gasteiger partial charge in [-0.2, -0.15) is 0 Å². The van der Waals surface area contributed by atoms with E-state index in [4.69, 9.17) is 9.47 Å². The molecule has 0 unspecified atom stereocenters. The number of amides is 1. The maximum atomic E-state index is 13.3.